The van der Waals surface area contributed by atoms with Gasteiger partial charge in [-0.1, -0.05) is 45.1 Å². The van der Waals surface area contributed by atoms with Gasteiger partial charge in [0.1, 0.15) is 11.4 Å². The number of hydrogen-bond acceptors (Lipinski definition) is 6. The van der Waals surface area contributed by atoms with Gasteiger partial charge in [0.25, 0.3) is 0 Å². The Bertz CT molecular complexity index is 913. The highest BCUT2D eigenvalue weighted by atomic mass is 28.4. The fraction of sp³-hybridized carbons (Fsp3) is 0.643. The molecule has 0 spiro atoms. The van der Waals surface area contributed by atoms with Gasteiger partial charge in [-0.2, -0.15) is 0 Å². The second-order valence-electron chi connectivity index (χ2n) is 12.0. The van der Waals surface area contributed by atoms with Crippen LogP contribution in [0.4, 0.5) is 4.79 Å². The van der Waals surface area contributed by atoms with Crippen molar-refractivity contribution in [1.29, 1.82) is 0 Å². The second kappa shape index (κ2) is 11.9. The lowest BCUT2D eigenvalue weighted by atomic mass is 9.91. The van der Waals surface area contributed by atoms with Crippen LogP contribution in [0.5, 0.6) is 5.75 Å². The Morgan fingerprint density at radius 2 is 1.72 bits per heavy atom. The molecule has 1 aliphatic heterocycles. The first-order valence-corrected chi connectivity index (χ1v) is 15.5. The minimum absolute atomic E-state index is 0.00810. The van der Waals surface area contributed by atoms with Gasteiger partial charge in [0.15, 0.2) is 8.32 Å². The third-order valence-electron chi connectivity index (χ3n) is 6.99. The number of amides is 2. The summed E-state index contributed by atoms with van der Waals surface area (Å²) in [7, 11) is -0.461. The van der Waals surface area contributed by atoms with Crippen molar-refractivity contribution < 1.29 is 28.2 Å². The maximum absolute atomic E-state index is 13.0. The van der Waals surface area contributed by atoms with E-state index < -0.39 is 26.1 Å². The van der Waals surface area contributed by atoms with Crippen LogP contribution in [0, 0.1) is 5.92 Å². The molecule has 1 aromatic carbocycles. The summed E-state index contributed by atoms with van der Waals surface area (Å²) in [5.74, 6) is 0.344. The maximum atomic E-state index is 13.0. The van der Waals surface area contributed by atoms with Gasteiger partial charge < -0.3 is 18.6 Å². The Kier molecular flexibility index (Phi) is 9.96. The van der Waals surface area contributed by atoms with E-state index in [1.807, 2.05) is 24.3 Å². The van der Waals surface area contributed by atoms with Crippen molar-refractivity contribution in [2.45, 2.75) is 90.8 Å². The molecule has 2 atom stereocenters. The van der Waals surface area contributed by atoms with Crippen LogP contribution in [-0.4, -0.2) is 57.2 Å². The van der Waals surface area contributed by atoms with E-state index in [2.05, 4.69) is 40.4 Å². The molecule has 36 heavy (non-hydrogen) atoms. The molecule has 1 fully saturated rings. The number of likely N-dealkylation sites (tertiary alicyclic amines) is 1. The molecule has 7 nitrogen and oxygen atoms in total. The summed E-state index contributed by atoms with van der Waals surface area (Å²) in [6.45, 7) is 21.7. The van der Waals surface area contributed by atoms with Gasteiger partial charge in [0.05, 0.1) is 33.0 Å². The van der Waals surface area contributed by atoms with Crippen molar-refractivity contribution in [3.05, 3.63) is 42.0 Å². The van der Waals surface area contributed by atoms with E-state index in [0.29, 0.717) is 19.6 Å². The highest BCUT2D eigenvalue weighted by Gasteiger charge is 2.47. The standard InChI is InChI=1S/C28H45NO6Si/c1-20(15-16-33-18-21-11-13-22(32-8)14-12-21)23-17-25(30)29(26(31)35-27(2,3)4)24(23)19-34-36(9,10)28(5,6)7/h11-14,23-24H,1,15-19H2,2-10H3/t23-,24-/m1/s1. The Balaban J connectivity index is 2.08. The number of carbonyl (C=O) groups is 2. The molecule has 0 N–H and O–H groups in total. The van der Waals surface area contributed by atoms with Crippen LogP contribution in [0.25, 0.3) is 0 Å². The largest absolute Gasteiger partial charge is 0.497 e. The first-order valence-electron chi connectivity index (χ1n) is 12.6. The van der Waals surface area contributed by atoms with Gasteiger partial charge in [-0.15, -0.1) is 0 Å². The molecule has 202 valence electrons. The Morgan fingerprint density at radius 3 is 2.25 bits per heavy atom. The van der Waals surface area contributed by atoms with Crippen LogP contribution in [0.15, 0.2) is 36.4 Å². The van der Waals surface area contributed by atoms with Crippen LogP contribution in [-0.2, 0) is 25.3 Å². The third-order valence-corrected chi connectivity index (χ3v) is 11.5. The lowest BCUT2D eigenvalue weighted by Crippen LogP contribution is -2.49. The number of imide groups is 1. The van der Waals surface area contributed by atoms with Crippen LogP contribution < -0.4 is 4.74 Å². The van der Waals surface area contributed by atoms with Crippen molar-refractivity contribution in [2.75, 3.05) is 20.3 Å². The highest BCUT2D eigenvalue weighted by molar-refractivity contribution is 6.74. The van der Waals surface area contributed by atoms with E-state index in [4.69, 9.17) is 18.6 Å². The summed E-state index contributed by atoms with van der Waals surface area (Å²) in [5, 5.41) is 0.00810. The molecular weight excluding hydrogens is 474 g/mol. The normalized spacial score (nSPS) is 18.9. The summed E-state index contributed by atoms with van der Waals surface area (Å²) in [6, 6.07) is 7.29. The molecule has 0 bridgehead atoms. The van der Waals surface area contributed by atoms with Crippen molar-refractivity contribution in [3.63, 3.8) is 0 Å². The average Bonchev–Trinajstić information content (AvgIpc) is 3.10. The predicted molar refractivity (Wildman–Crippen MR) is 145 cm³/mol. The Labute approximate surface area is 218 Å². The average molecular weight is 520 g/mol. The zero-order valence-corrected chi connectivity index (χ0v) is 24.6. The quantitative estimate of drug-likeness (QED) is 0.204. The topological polar surface area (TPSA) is 74.3 Å². The van der Waals surface area contributed by atoms with Gasteiger partial charge in [-0.3, -0.25) is 4.79 Å². The number of benzene rings is 1. The number of ether oxygens (including phenoxy) is 3. The molecule has 1 aliphatic rings. The first kappa shape index (κ1) is 30.1. The fourth-order valence-electron chi connectivity index (χ4n) is 3.75. The number of hydrogen-bond donors (Lipinski definition) is 0. The molecule has 2 amide bonds. The van der Waals surface area contributed by atoms with Gasteiger partial charge >= 0.3 is 6.09 Å². The molecule has 0 unspecified atom stereocenters. The predicted octanol–water partition coefficient (Wildman–Crippen LogP) is 6.33. The van der Waals surface area contributed by atoms with Crippen molar-refractivity contribution in [3.8, 4) is 5.75 Å². The Hall–Kier alpha value is -2.16. The smallest absolute Gasteiger partial charge is 0.417 e. The fourth-order valence-corrected chi connectivity index (χ4v) is 4.77. The molecule has 8 heteroatoms. The summed E-state index contributed by atoms with van der Waals surface area (Å²) < 4.78 is 23.1. The number of nitrogens with zero attached hydrogens (tertiary/aromatic N) is 1. The molecular formula is C28H45NO6Si. The van der Waals surface area contributed by atoms with Crippen molar-refractivity contribution in [1.82, 2.24) is 4.90 Å². The third kappa shape index (κ3) is 8.18. The Morgan fingerprint density at radius 1 is 1.11 bits per heavy atom. The van der Waals surface area contributed by atoms with E-state index in [9.17, 15) is 9.59 Å². The van der Waals surface area contributed by atoms with Crippen LogP contribution >= 0.6 is 0 Å². The molecule has 2 rings (SSSR count). The van der Waals surface area contributed by atoms with Crippen LogP contribution in [0.2, 0.25) is 18.1 Å². The van der Waals surface area contributed by atoms with Crippen LogP contribution in [0.3, 0.4) is 0 Å². The van der Waals surface area contributed by atoms with Gasteiger partial charge in [-0.05, 0) is 63.0 Å². The molecule has 0 radical (unpaired) electrons. The van der Waals surface area contributed by atoms with Crippen molar-refractivity contribution in [2.24, 2.45) is 5.92 Å². The summed E-state index contributed by atoms with van der Waals surface area (Å²) in [6.07, 6.45) is 0.178. The second-order valence-corrected chi connectivity index (χ2v) is 16.8. The lowest BCUT2D eigenvalue weighted by Gasteiger charge is -2.38. The zero-order chi connectivity index (χ0) is 27.3. The molecule has 0 aromatic heterocycles. The number of carbonyl (C=O) groups excluding carboxylic acids is 2. The van der Waals surface area contributed by atoms with E-state index >= 15 is 0 Å². The number of rotatable bonds is 10. The first-order chi connectivity index (χ1) is 16.6. The minimum atomic E-state index is -2.10. The highest BCUT2D eigenvalue weighted by Crippen LogP contribution is 2.39. The van der Waals surface area contributed by atoms with Crippen LogP contribution in [0.1, 0.15) is 59.9 Å². The van der Waals surface area contributed by atoms with E-state index in [1.165, 1.54) is 4.90 Å². The van der Waals surface area contributed by atoms with E-state index in [-0.39, 0.29) is 29.9 Å². The van der Waals surface area contributed by atoms with Gasteiger partial charge in [0.2, 0.25) is 5.91 Å². The maximum Gasteiger partial charge on any atom is 0.417 e. The molecule has 0 saturated carbocycles. The van der Waals surface area contributed by atoms with Crippen molar-refractivity contribution >= 4 is 20.3 Å². The molecule has 1 saturated heterocycles. The van der Waals surface area contributed by atoms with Gasteiger partial charge in [0, 0.05) is 12.3 Å². The molecule has 1 aromatic rings. The molecule has 1 heterocycles. The minimum Gasteiger partial charge on any atom is -0.497 e. The molecule has 0 aliphatic carbocycles. The zero-order valence-electron chi connectivity index (χ0n) is 23.6. The van der Waals surface area contributed by atoms with E-state index in [0.717, 1.165) is 16.9 Å². The summed E-state index contributed by atoms with van der Waals surface area (Å²) in [4.78, 5) is 27.3. The lowest BCUT2D eigenvalue weighted by molar-refractivity contribution is -0.128. The summed E-state index contributed by atoms with van der Waals surface area (Å²) >= 11 is 0. The number of methoxy groups -OCH3 is 1. The SMILES string of the molecule is C=C(CCOCc1ccc(OC)cc1)[C@H]1CC(=O)N(C(=O)OC(C)(C)C)[C@@H]1CO[Si](C)(C)C(C)(C)C. The van der Waals surface area contributed by atoms with Gasteiger partial charge in [-0.25, -0.2) is 9.69 Å². The monoisotopic (exact) mass is 519 g/mol. The van der Waals surface area contributed by atoms with E-state index in [1.54, 1.807) is 27.9 Å². The summed E-state index contributed by atoms with van der Waals surface area (Å²) in [5.41, 5.74) is 1.23.